The average Bonchev–Trinajstić information content (AvgIpc) is 2.84. The third-order valence-electron chi connectivity index (χ3n) is 2.13. The zero-order chi connectivity index (χ0) is 13.1. The number of tetrazole rings is 1. The molecule has 0 saturated heterocycles. The third kappa shape index (κ3) is 2.62. The minimum absolute atomic E-state index is 0.0945. The van der Waals surface area contributed by atoms with Crippen molar-refractivity contribution in [2.24, 2.45) is 0 Å². The number of aromatic amines is 1. The van der Waals surface area contributed by atoms with Gasteiger partial charge in [-0.05, 0) is 28.1 Å². The normalized spacial score (nSPS) is 10.3. The fourth-order valence-electron chi connectivity index (χ4n) is 1.25. The summed E-state index contributed by atoms with van der Waals surface area (Å²) >= 11 is 3.09. The van der Waals surface area contributed by atoms with Crippen LogP contribution < -0.4 is 11.1 Å². The minimum atomic E-state index is -0.586. The maximum Gasteiger partial charge on any atom is 0.252 e. The van der Waals surface area contributed by atoms with Gasteiger partial charge in [-0.3, -0.25) is 4.79 Å². The summed E-state index contributed by atoms with van der Waals surface area (Å²) in [5.74, 6) is -0.662. The predicted octanol–water partition coefficient (Wildman–Crippen LogP) is 0.613. The first-order valence-electron chi connectivity index (χ1n) is 4.83. The lowest BCUT2D eigenvalue weighted by Gasteiger charge is -2.06. The van der Waals surface area contributed by atoms with E-state index in [1.54, 1.807) is 0 Å². The largest absolute Gasteiger partial charge is 0.396 e. The Hall–Kier alpha value is -2.03. The number of hydrogen-bond donors (Lipinski definition) is 3. The summed E-state index contributed by atoms with van der Waals surface area (Å²) in [6, 6.07) is 2.39. The molecule has 0 radical (unpaired) electrons. The van der Waals surface area contributed by atoms with E-state index in [1.165, 1.54) is 6.07 Å². The van der Waals surface area contributed by atoms with E-state index < -0.39 is 11.7 Å². The number of amides is 1. The van der Waals surface area contributed by atoms with Crippen LogP contribution in [0.3, 0.4) is 0 Å². The lowest BCUT2D eigenvalue weighted by Crippen LogP contribution is -2.24. The summed E-state index contributed by atoms with van der Waals surface area (Å²) < 4.78 is 13.4. The van der Waals surface area contributed by atoms with Crippen LogP contribution in [0.25, 0.3) is 0 Å². The molecule has 0 saturated carbocycles. The van der Waals surface area contributed by atoms with Gasteiger partial charge in [0.1, 0.15) is 5.82 Å². The number of hydrogen-bond acceptors (Lipinski definition) is 5. The Kier molecular flexibility index (Phi) is 3.51. The number of nitrogen functional groups attached to an aromatic ring is 1. The molecule has 1 amide bonds. The summed E-state index contributed by atoms with van der Waals surface area (Å²) in [5.41, 5.74) is 5.54. The molecule has 94 valence electrons. The number of carbonyl (C=O) groups excluding carboxylic acids is 1. The number of nitrogens with one attached hydrogen (secondary N) is 2. The van der Waals surface area contributed by atoms with Crippen LogP contribution in [-0.2, 0) is 6.54 Å². The van der Waals surface area contributed by atoms with Crippen molar-refractivity contribution in [3.8, 4) is 0 Å². The van der Waals surface area contributed by atoms with Gasteiger partial charge in [0.2, 0.25) is 0 Å². The lowest BCUT2D eigenvalue weighted by molar-refractivity contribution is 0.0949. The Balaban J connectivity index is 2.11. The maximum atomic E-state index is 13.1. The lowest BCUT2D eigenvalue weighted by atomic mass is 10.2. The molecule has 0 aliphatic heterocycles. The van der Waals surface area contributed by atoms with Crippen molar-refractivity contribution in [1.82, 2.24) is 25.9 Å². The van der Waals surface area contributed by atoms with Gasteiger partial charge in [0, 0.05) is 4.47 Å². The van der Waals surface area contributed by atoms with Gasteiger partial charge < -0.3 is 11.1 Å². The van der Waals surface area contributed by atoms with Crippen LogP contribution in [0.1, 0.15) is 16.2 Å². The molecule has 7 nitrogen and oxygen atoms in total. The predicted molar refractivity (Wildman–Crippen MR) is 63.9 cm³/mol. The molecule has 1 heterocycles. The second-order valence-corrected chi connectivity index (χ2v) is 4.22. The Labute approximate surface area is 109 Å². The van der Waals surface area contributed by atoms with Crippen LogP contribution >= 0.6 is 15.9 Å². The van der Waals surface area contributed by atoms with Crippen molar-refractivity contribution < 1.29 is 9.18 Å². The van der Waals surface area contributed by atoms with Crippen LogP contribution in [0.2, 0.25) is 0 Å². The second kappa shape index (κ2) is 5.08. The average molecular weight is 315 g/mol. The topological polar surface area (TPSA) is 110 Å². The zero-order valence-corrected chi connectivity index (χ0v) is 10.5. The molecule has 0 unspecified atom stereocenters. The third-order valence-corrected chi connectivity index (χ3v) is 2.78. The highest BCUT2D eigenvalue weighted by Gasteiger charge is 2.13. The van der Waals surface area contributed by atoms with Crippen molar-refractivity contribution in [3.05, 3.63) is 33.8 Å². The monoisotopic (exact) mass is 314 g/mol. The van der Waals surface area contributed by atoms with E-state index in [0.29, 0.717) is 10.3 Å². The number of benzene rings is 1. The number of rotatable bonds is 3. The number of halogens is 2. The number of nitrogens with zero attached hydrogens (tertiary/aromatic N) is 3. The van der Waals surface area contributed by atoms with E-state index in [4.69, 9.17) is 5.73 Å². The van der Waals surface area contributed by atoms with Gasteiger partial charge >= 0.3 is 0 Å². The molecule has 4 N–H and O–H groups in total. The van der Waals surface area contributed by atoms with E-state index >= 15 is 0 Å². The molecule has 1 aromatic heterocycles. The molecule has 0 aliphatic carbocycles. The van der Waals surface area contributed by atoms with Gasteiger partial charge in [0.05, 0.1) is 17.8 Å². The van der Waals surface area contributed by atoms with Crippen molar-refractivity contribution in [3.63, 3.8) is 0 Å². The summed E-state index contributed by atoms with van der Waals surface area (Å²) in [6.07, 6.45) is 0. The highest BCUT2D eigenvalue weighted by Crippen LogP contribution is 2.22. The highest BCUT2D eigenvalue weighted by atomic mass is 79.9. The molecule has 0 aliphatic rings. The quantitative estimate of drug-likeness (QED) is 0.719. The number of aromatic nitrogens is 4. The molecule has 2 rings (SSSR count). The minimum Gasteiger partial charge on any atom is -0.396 e. The molecule has 18 heavy (non-hydrogen) atoms. The van der Waals surface area contributed by atoms with Crippen LogP contribution in [0.15, 0.2) is 16.6 Å². The van der Waals surface area contributed by atoms with E-state index in [9.17, 15) is 9.18 Å². The summed E-state index contributed by atoms with van der Waals surface area (Å²) in [5, 5.41) is 15.5. The van der Waals surface area contributed by atoms with Crippen molar-refractivity contribution in [2.45, 2.75) is 6.54 Å². The zero-order valence-electron chi connectivity index (χ0n) is 8.94. The fraction of sp³-hybridized carbons (Fsp3) is 0.111. The Morgan fingerprint density at radius 1 is 1.56 bits per heavy atom. The van der Waals surface area contributed by atoms with E-state index in [-0.39, 0.29) is 17.8 Å². The number of nitrogens with two attached hydrogens (primary N) is 1. The van der Waals surface area contributed by atoms with Crippen LogP contribution in [-0.4, -0.2) is 26.5 Å². The number of anilines is 1. The van der Waals surface area contributed by atoms with Crippen LogP contribution in [0.5, 0.6) is 0 Å². The SMILES string of the molecule is Nc1cc(C(=O)NCc2nn[nH]n2)c(Br)cc1F. The van der Waals surface area contributed by atoms with Gasteiger partial charge in [-0.25, -0.2) is 4.39 Å². The van der Waals surface area contributed by atoms with Gasteiger partial charge in [-0.15, -0.1) is 10.2 Å². The van der Waals surface area contributed by atoms with Crippen LogP contribution in [0, 0.1) is 5.82 Å². The summed E-state index contributed by atoms with van der Waals surface area (Å²) in [7, 11) is 0. The fourth-order valence-corrected chi connectivity index (χ4v) is 1.75. The van der Waals surface area contributed by atoms with Crippen molar-refractivity contribution in [2.75, 3.05) is 5.73 Å². The van der Waals surface area contributed by atoms with E-state index in [2.05, 4.69) is 41.9 Å². The highest BCUT2D eigenvalue weighted by molar-refractivity contribution is 9.10. The first-order chi connectivity index (χ1) is 8.58. The first kappa shape index (κ1) is 12.4. The van der Waals surface area contributed by atoms with Gasteiger partial charge in [0.25, 0.3) is 5.91 Å². The van der Waals surface area contributed by atoms with Crippen LogP contribution in [0.4, 0.5) is 10.1 Å². The standard InChI is InChI=1S/C9H8BrFN6O/c10-5-2-6(11)7(12)1-4(5)9(18)13-3-8-14-16-17-15-8/h1-2H,3,12H2,(H,13,18)(H,14,15,16,17). The van der Waals surface area contributed by atoms with E-state index in [1.807, 2.05) is 0 Å². The molecule has 9 heteroatoms. The molecule has 0 atom stereocenters. The molecule has 2 aromatic rings. The van der Waals surface area contributed by atoms with Gasteiger partial charge in [-0.1, -0.05) is 5.21 Å². The Morgan fingerprint density at radius 2 is 2.33 bits per heavy atom. The smallest absolute Gasteiger partial charge is 0.252 e. The maximum absolute atomic E-state index is 13.1. The van der Waals surface area contributed by atoms with Crippen molar-refractivity contribution >= 4 is 27.5 Å². The summed E-state index contributed by atoms with van der Waals surface area (Å²) in [6.45, 7) is 0.110. The van der Waals surface area contributed by atoms with Gasteiger partial charge in [-0.2, -0.15) is 5.21 Å². The summed E-state index contributed by atoms with van der Waals surface area (Å²) in [4.78, 5) is 11.8. The Bertz CT molecular complexity index is 573. The molecule has 1 aromatic carbocycles. The molecule has 0 spiro atoms. The second-order valence-electron chi connectivity index (χ2n) is 3.36. The Morgan fingerprint density at radius 3 is 3.00 bits per heavy atom. The molecular weight excluding hydrogens is 307 g/mol. The number of H-pyrrole nitrogens is 1. The molecule has 0 bridgehead atoms. The number of carbonyl (C=O) groups is 1. The first-order valence-corrected chi connectivity index (χ1v) is 5.62. The van der Waals surface area contributed by atoms with Crippen molar-refractivity contribution in [1.29, 1.82) is 0 Å². The molecular formula is C9H8BrFN6O. The molecule has 0 fully saturated rings. The van der Waals surface area contributed by atoms with E-state index in [0.717, 1.165) is 6.07 Å². The van der Waals surface area contributed by atoms with Gasteiger partial charge in [0.15, 0.2) is 5.82 Å².